The zero-order valence-electron chi connectivity index (χ0n) is 9.57. The van der Waals surface area contributed by atoms with Gasteiger partial charge in [-0.3, -0.25) is 9.97 Å². The van der Waals surface area contributed by atoms with E-state index in [4.69, 9.17) is 5.11 Å². The molecule has 1 atom stereocenters. The lowest BCUT2D eigenvalue weighted by molar-refractivity contribution is -0.139. The Labute approximate surface area is 104 Å². The number of nitrogens with zero attached hydrogens (tertiary/aromatic N) is 2. The number of carboxylic acid groups (broad SMARTS) is 1. The van der Waals surface area contributed by atoms with Gasteiger partial charge in [-0.25, -0.2) is 9.59 Å². The number of aromatic nitrogens is 2. The second-order valence-electron chi connectivity index (χ2n) is 3.32. The molecule has 96 valence electrons. The molecule has 0 fully saturated rings. The zero-order chi connectivity index (χ0) is 13.4. The third-order valence-electron chi connectivity index (χ3n) is 1.95. The van der Waals surface area contributed by atoms with Crippen LogP contribution in [0.2, 0.25) is 0 Å². The number of amides is 1. The molecule has 0 aliphatic rings. The molecule has 7 nitrogen and oxygen atoms in total. The quantitative estimate of drug-likeness (QED) is 0.709. The Bertz CT molecular complexity index is 422. The van der Waals surface area contributed by atoms with Gasteiger partial charge in [0, 0.05) is 25.0 Å². The monoisotopic (exact) mass is 251 g/mol. The lowest BCUT2D eigenvalue weighted by Gasteiger charge is -2.13. The first-order valence-corrected chi connectivity index (χ1v) is 5.15. The van der Waals surface area contributed by atoms with Crippen molar-refractivity contribution in [3.63, 3.8) is 0 Å². The lowest BCUT2D eigenvalue weighted by Crippen LogP contribution is -2.42. The van der Waals surface area contributed by atoms with Gasteiger partial charge < -0.3 is 15.2 Å². The van der Waals surface area contributed by atoms with Gasteiger partial charge in [0.2, 0.25) is 0 Å². The SMILES string of the molecule is C=CCOC(=O)NC(Cc1cnccn1)C(=O)O. The molecule has 18 heavy (non-hydrogen) atoms. The van der Waals surface area contributed by atoms with Gasteiger partial charge in [0.05, 0.1) is 5.69 Å². The predicted molar refractivity (Wildman–Crippen MR) is 61.8 cm³/mol. The summed E-state index contributed by atoms with van der Waals surface area (Å²) < 4.78 is 4.64. The van der Waals surface area contributed by atoms with E-state index in [0.717, 1.165) is 0 Å². The summed E-state index contributed by atoms with van der Waals surface area (Å²) in [5.74, 6) is -1.17. The summed E-state index contributed by atoms with van der Waals surface area (Å²) >= 11 is 0. The van der Waals surface area contributed by atoms with Gasteiger partial charge in [-0.05, 0) is 0 Å². The fraction of sp³-hybridized carbons (Fsp3) is 0.273. The first kappa shape index (κ1) is 13.6. The minimum Gasteiger partial charge on any atom is -0.480 e. The van der Waals surface area contributed by atoms with Crippen molar-refractivity contribution in [3.05, 3.63) is 36.9 Å². The number of hydrogen-bond donors (Lipinski definition) is 2. The van der Waals surface area contributed by atoms with Crippen molar-refractivity contribution in [2.45, 2.75) is 12.5 Å². The standard InChI is InChI=1S/C11H13N3O4/c1-2-5-18-11(17)14-9(10(15)16)6-8-7-12-3-4-13-8/h2-4,7,9H,1,5-6H2,(H,14,17)(H,15,16). The Morgan fingerprint density at radius 3 is 2.89 bits per heavy atom. The maximum absolute atomic E-state index is 11.2. The van der Waals surface area contributed by atoms with Gasteiger partial charge in [-0.1, -0.05) is 12.7 Å². The van der Waals surface area contributed by atoms with Crippen LogP contribution in [0.5, 0.6) is 0 Å². The molecule has 1 aromatic heterocycles. The van der Waals surface area contributed by atoms with Gasteiger partial charge in [0.15, 0.2) is 0 Å². The van der Waals surface area contributed by atoms with E-state index >= 15 is 0 Å². The third-order valence-corrected chi connectivity index (χ3v) is 1.95. The van der Waals surface area contributed by atoms with Gasteiger partial charge >= 0.3 is 12.1 Å². The molecule has 1 aromatic rings. The van der Waals surface area contributed by atoms with E-state index in [0.29, 0.717) is 5.69 Å². The van der Waals surface area contributed by atoms with E-state index in [-0.39, 0.29) is 13.0 Å². The van der Waals surface area contributed by atoms with Crippen molar-refractivity contribution >= 4 is 12.1 Å². The Kier molecular flexibility index (Phi) is 5.30. The summed E-state index contributed by atoms with van der Waals surface area (Å²) in [7, 11) is 0. The highest BCUT2D eigenvalue weighted by Gasteiger charge is 2.21. The van der Waals surface area contributed by atoms with E-state index in [1.165, 1.54) is 24.7 Å². The largest absolute Gasteiger partial charge is 0.480 e. The van der Waals surface area contributed by atoms with Crippen LogP contribution in [-0.4, -0.2) is 39.8 Å². The number of alkyl carbamates (subject to hydrolysis) is 1. The second kappa shape index (κ2) is 7.00. The van der Waals surface area contributed by atoms with E-state index in [1.807, 2.05) is 0 Å². The van der Waals surface area contributed by atoms with E-state index in [2.05, 4.69) is 26.6 Å². The van der Waals surface area contributed by atoms with Crippen LogP contribution in [0.15, 0.2) is 31.2 Å². The summed E-state index contributed by atoms with van der Waals surface area (Å²) in [6, 6.07) is -1.11. The van der Waals surface area contributed by atoms with Gasteiger partial charge in [-0.2, -0.15) is 0 Å². The highest BCUT2D eigenvalue weighted by atomic mass is 16.5. The van der Waals surface area contributed by atoms with E-state index in [1.54, 1.807) is 0 Å². The number of carboxylic acids is 1. The van der Waals surface area contributed by atoms with Crippen LogP contribution in [0.3, 0.4) is 0 Å². The molecule has 2 N–H and O–H groups in total. The molecule has 1 heterocycles. The summed E-state index contributed by atoms with van der Waals surface area (Å²) in [6.07, 6.45) is 4.97. The molecule has 1 unspecified atom stereocenters. The molecule has 0 aliphatic heterocycles. The molecule has 1 amide bonds. The van der Waals surface area contributed by atoms with Gasteiger partial charge in [-0.15, -0.1) is 0 Å². The number of hydrogen-bond acceptors (Lipinski definition) is 5. The van der Waals surface area contributed by atoms with Crippen LogP contribution < -0.4 is 5.32 Å². The molecule has 7 heteroatoms. The molecule has 0 aromatic carbocycles. The maximum atomic E-state index is 11.2. The number of nitrogens with one attached hydrogen (secondary N) is 1. The minimum absolute atomic E-state index is 0.0172. The van der Waals surface area contributed by atoms with Crippen LogP contribution in [0.1, 0.15) is 5.69 Å². The van der Waals surface area contributed by atoms with Crippen LogP contribution in [0.4, 0.5) is 4.79 Å². The maximum Gasteiger partial charge on any atom is 0.408 e. The second-order valence-corrected chi connectivity index (χ2v) is 3.32. The number of ether oxygens (including phenoxy) is 1. The Morgan fingerprint density at radius 2 is 2.33 bits per heavy atom. The average molecular weight is 251 g/mol. The van der Waals surface area contributed by atoms with Crippen LogP contribution in [-0.2, 0) is 16.0 Å². The normalized spacial score (nSPS) is 11.3. The topological polar surface area (TPSA) is 101 Å². The highest BCUT2D eigenvalue weighted by molar-refractivity contribution is 5.80. The van der Waals surface area contributed by atoms with Crippen molar-refractivity contribution < 1.29 is 19.4 Å². The molecule has 0 saturated heterocycles. The van der Waals surface area contributed by atoms with E-state index < -0.39 is 18.1 Å². The summed E-state index contributed by atoms with van der Waals surface area (Å²) in [4.78, 5) is 30.0. The fourth-order valence-electron chi connectivity index (χ4n) is 1.16. The van der Waals surface area contributed by atoms with Crippen molar-refractivity contribution in [2.24, 2.45) is 0 Å². The van der Waals surface area contributed by atoms with Crippen LogP contribution in [0.25, 0.3) is 0 Å². The van der Waals surface area contributed by atoms with Crippen LogP contribution >= 0.6 is 0 Å². The number of aliphatic carboxylic acids is 1. The molecule has 0 radical (unpaired) electrons. The van der Waals surface area contributed by atoms with E-state index in [9.17, 15) is 9.59 Å². The fourth-order valence-corrected chi connectivity index (χ4v) is 1.16. The van der Waals surface area contributed by atoms with Crippen LogP contribution in [0, 0.1) is 0 Å². The molecule has 1 rings (SSSR count). The van der Waals surface area contributed by atoms with Gasteiger partial charge in [0.1, 0.15) is 12.6 Å². The summed E-state index contributed by atoms with van der Waals surface area (Å²) in [5.41, 5.74) is 0.467. The van der Waals surface area contributed by atoms with Crippen molar-refractivity contribution in [1.29, 1.82) is 0 Å². The summed E-state index contributed by atoms with van der Waals surface area (Å²) in [6.45, 7) is 3.39. The molecule has 0 bridgehead atoms. The first-order valence-electron chi connectivity index (χ1n) is 5.15. The Balaban J connectivity index is 2.58. The molecule has 0 spiro atoms. The number of carbonyl (C=O) groups excluding carboxylic acids is 1. The first-order chi connectivity index (χ1) is 8.63. The molecular weight excluding hydrogens is 238 g/mol. The molecule has 0 aliphatic carbocycles. The molecular formula is C11H13N3O4. The lowest BCUT2D eigenvalue weighted by atomic mass is 10.1. The van der Waals surface area contributed by atoms with Gasteiger partial charge in [0.25, 0.3) is 0 Å². The minimum atomic E-state index is -1.17. The third kappa shape index (κ3) is 4.60. The zero-order valence-corrected chi connectivity index (χ0v) is 9.57. The predicted octanol–water partition coefficient (Wildman–Crippen LogP) is 0.384. The van der Waals surface area contributed by atoms with Crippen molar-refractivity contribution in [2.75, 3.05) is 6.61 Å². The number of carbonyl (C=O) groups is 2. The smallest absolute Gasteiger partial charge is 0.408 e. The summed E-state index contributed by atoms with van der Waals surface area (Å²) in [5, 5.41) is 11.2. The Morgan fingerprint density at radius 1 is 1.56 bits per heavy atom. The highest BCUT2D eigenvalue weighted by Crippen LogP contribution is 1.99. The Hall–Kier alpha value is -2.44. The van der Waals surface area contributed by atoms with Crippen molar-refractivity contribution in [1.82, 2.24) is 15.3 Å². The average Bonchev–Trinajstić information content (AvgIpc) is 2.36. The number of rotatable bonds is 6. The van der Waals surface area contributed by atoms with Crippen molar-refractivity contribution in [3.8, 4) is 0 Å². The molecule has 0 saturated carbocycles.